The molecule has 0 spiro atoms. The molecule has 0 radical (unpaired) electrons. The molecule has 0 aliphatic rings. The molecule has 0 fully saturated rings. The van der Waals surface area contributed by atoms with Crippen LogP contribution in [0.4, 0.5) is 0 Å². The summed E-state index contributed by atoms with van der Waals surface area (Å²) in [6.45, 7) is 2.08. The summed E-state index contributed by atoms with van der Waals surface area (Å²) < 4.78 is 10.2. The fraction of sp³-hybridized carbons (Fsp3) is 0.923. The zero-order valence-corrected chi connectivity index (χ0v) is 20.8. The molecule has 0 saturated carbocycles. The van der Waals surface area contributed by atoms with E-state index in [1.165, 1.54) is 77.0 Å². The molecule has 0 aliphatic carbocycles. The molecule has 32 heavy (non-hydrogen) atoms. The van der Waals surface area contributed by atoms with Gasteiger partial charge in [0.05, 0.1) is 13.2 Å². The van der Waals surface area contributed by atoms with Gasteiger partial charge in [0.1, 0.15) is 0 Å². The van der Waals surface area contributed by atoms with Crippen LogP contribution < -0.4 is 11.5 Å². The first-order chi connectivity index (χ1) is 15.7. The van der Waals surface area contributed by atoms with E-state index in [9.17, 15) is 9.59 Å². The Labute approximate surface area is 197 Å². The molecule has 0 aromatic rings. The van der Waals surface area contributed by atoms with E-state index >= 15 is 0 Å². The first kappa shape index (κ1) is 30.9. The summed E-state index contributed by atoms with van der Waals surface area (Å²) in [5.74, 6) is -0.149. The van der Waals surface area contributed by atoms with Gasteiger partial charge in [-0.05, 0) is 38.8 Å². The molecule has 0 aromatic heterocycles. The van der Waals surface area contributed by atoms with Gasteiger partial charge in [-0.1, -0.05) is 89.9 Å². The molecule has 6 nitrogen and oxygen atoms in total. The minimum Gasteiger partial charge on any atom is -0.466 e. The topological polar surface area (TPSA) is 105 Å². The molecule has 4 N–H and O–H groups in total. The Morgan fingerprint density at radius 3 is 0.906 bits per heavy atom. The van der Waals surface area contributed by atoms with Crippen molar-refractivity contribution in [1.82, 2.24) is 0 Å². The normalized spacial score (nSPS) is 10.9. The third kappa shape index (κ3) is 25.1. The molecule has 0 rings (SSSR count). The van der Waals surface area contributed by atoms with Crippen molar-refractivity contribution in [3.05, 3.63) is 0 Å². The summed E-state index contributed by atoms with van der Waals surface area (Å²) in [5, 5.41) is 0. The van der Waals surface area contributed by atoms with Gasteiger partial charge >= 0.3 is 11.9 Å². The van der Waals surface area contributed by atoms with Crippen molar-refractivity contribution < 1.29 is 19.1 Å². The van der Waals surface area contributed by atoms with Crippen molar-refractivity contribution in [3.63, 3.8) is 0 Å². The SMILES string of the molecule is NCCCOC(=O)CCCCCCCCCCCCCCCCCCC(=O)OCCCN. The predicted octanol–water partition coefficient (Wildman–Crippen LogP) is 5.79. The van der Waals surface area contributed by atoms with Crippen LogP contribution in [0.15, 0.2) is 0 Å². The van der Waals surface area contributed by atoms with Crippen LogP contribution in [-0.4, -0.2) is 38.2 Å². The highest BCUT2D eigenvalue weighted by Gasteiger charge is 2.03. The van der Waals surface area contributed by atoms with Gasteiger partial charge in [0, 0.05) is 12.8 Å². The first-order valence-corrected chi connectivity index (χ1v) is 13.4. The lowest BCUT2D eigenvalue weighted by Gasteiger charge is -2.05. The van der Waals surface area contributed by atoms with Crippen molar-refractivity contribution >= 4 is 11.9 Å². The monoisotopic (exact) mass is 456 g/mol. The van der Waals surface area contributed by atoms with Crippen molar-refractivity contribution in [2.24, 2.45) is 11.5 Å². The standard InChI is InChI=1S/C26H52N2O4/c27-21-17-23-31-25(29)19-15-13-11-9-7-5-3-1-2-4-6-8-10-12-14-16-20-26(30)32-24-18-22-28/h1-24,27-28H2. The van der Waals surface area contributed by atoms with E-state index in [0.717, 1.165) is 38.5 Å². The van der Waals surface area contributed by atoms with Gasteiger partial charge in [0.2, 0.25) is 0 Å². The molecule has 0 saturated heterocycles. The quantitative estimate of drug-likeness (QED) is 0.133. The zero-order valence-electron chi connectivity index (χ0n) is 20.8. The Morgan fingerprint density at radius 1 is 0.406 bits per heavy atom. The van der Waals surface area contributed by atoms with Crippen LogP contribution in [0.3, 0.4) is 0 Å². The minimum absolute atomic E-state index is 0.0743. The fourth-order valence-corrected chi connectivity index (χ4v) is 3.70. The summed E-state index contributed by atoms with van der Waals surface area (Å²) in [7, 11) is 0. The second kappa shape index (κ2) is 26.1. The first-order valence-electron chi connectivity index (χ1n) is 13.4. The number of hydrogen-bond acceptors (Lipinski definition) is 6. The number of hydrogen-bond donors (Lipinski definition) is 2. The van der Waals surface area contributed by atoms with Gasteiger partial charge in [-0.25, -0.2) is 0 Å². The van der Waals surface area contributed by atoms with Crippen LogP contribution >= 0.6 is 0 Å². The maximum Gasteiger partial charge on any atom is 0.305 e. The van der Waals surface area contributed by atoms with E-state index in [1.807, 2.05) is 0 Å². The number of esters is 2. The number of nitrogens with two attached hydrogens (primary N) is 2. The average Bonchev–Trinajstić information content (AvgIpc) is 2.78. The molecular formula is C26H52N2O4. The van der Waals surface area contributed by atoms with Crippen molar-refractivity contribution in [2.45, 2.75) is 128 Å². The molecule has 190 valence electrons. The van der Waals surface area contributed by atoms with Gasteiger partial charge in [-0.2, -0.15) is 0 Å². The molecular weight excluding hydrogens is 404 g/mol. The second-order valence-electron chi connectivity index (χ2n) is 8.88. The Balaban J connectivity index is 3.13. The van der Waals surface area contributed by atoms with E-state index in [2.05, 4.69) is 0 Å². The van der Waals surface area contributed by atoms with Crippen molar-refractivity contribution in [3.8, 4) is 0 Å². The molecule has 0 bridgehead atoms. The van der Waals surface area contributed by atoms with Crippen LogP contribution in [0.2, 0.25) is 0 Å². The van der Waals surface area contributed by atoms with E-state index in [1.54, 1.807) is 0 Å². The second-order valence-corrected chi connectivity index (χ2v) is 8.88. The van der Waals surface area contributed by atoms with Crippen LogP contribution in [0.1, 0.15) is 128 Å². The Kier molecular flexibility index (Phi) is 25.2. The summed E-state index contributed by atoms with van der Waals surface area (Å²) in [6.07, 6.45) is 22.6. The van der Waals surface area contributed by atoms with Gasteiger partial charge in [-0.15, -0.1) is 0 Å². The minimum atomic E-state index is -0.0743. The molecule has 0 aromatic carbocycles. The summed E-state index contributed by atoms with van der Waals surface area (Å²) in [6, 6.07) is 0. The lowest BCUT2D eigenvalue weighted by Crippen LogP contribution is -2.09. The third-order valence-electron chi connectivity index (χ3n) is 5.73. The highest BCUT2D eigenvalue weighted by atomic mass is 16.5. The molecule has 0 atom stereocenters. The molecule has 0 amide bonds. The summed E-state index contributed by atoms with van der Waals surface area (Å²) in [5.41, 5.74) is 10.7. The molecule has 0 aliphatic heterocycles. The number of carbonyl (C=O) groups excluding carboxylic acids is 2. The van der Waals surface area contributed by atoms with E-state index in [-0.39, 0.29) is 11.9 Å². The van der Waals surface area contributed by atoms with Gasteiger partial charge in [0.15, 0.2) is 0 Å². The van der Waals surface area contributed by atoms with E-state index < -0.39 is 0 Å². The lowest BCUT2D eigenvalue weighted by molar-refractivity contribution is -0.144. The van der Waals surface area contributed by atoms with Crippen LogP contribution in [0.5, 0.6) is 0 Å². The van der Waals surface area contributed by atoms with Gasteiger partial charge in [-0.3, -0.25) is 9.59 Å². The number of ether oxygens (including phenoxy) is 2. The van der Waals surface area contributed by atoms with E-state index in [4.69, 9.17) is 20.9 Å². The van der Waals surface area contributed by atoms with Crippen LogP contribution in [0.25, 0.3) is 0 Å². The number of unbranched alkanes of at least 4 members (excludes halogenated alkanes) is 15. The summed E-state index contributed by atoms with van der Waals surface area (Å²) >= 11 is 0. The Morgan fingerprint density at radius 2 is 0.656 bits per heavy atom. The molecule has 0 unspecified atom stereocenters. The zero-order chi connectivity index (χ0) is 23.5. The van der Waals surface area contributed by atoms with Gasteiger partial charge < -0.3 is 20.9 Å². The number of rotatable bonds is 25. The number of carbonyl (C=O) groups is 2. The third-order valence-corrected chi connectivity index (χ3v) is 5.73. The lowest BCUT2D eigenvalue weighted by atomic mass is 10.0. The van der Waals surface area contributed by atoms with Crippen LogP contribution in [0, 0.1) is 0 Å². The largest absolute Gasteiger partial charge is 0.466 e. The molecule has 0 heterocycles. The maximum absolute atomic E-state index is 11.5. The average molecular weight is 457 g/mol. The highest BCUT2D eigenvalue weighted by Crippen LogP contribution is 2.14. The predicted molar refractivity (Wildman–Crippen MR) is 132 cm³/mol. The van der Waals surface area contributed by atoms with Crippen LogP contribution in [-0.2, 0) is 19.1 Å². The van der Waals surface area contributed by atoms with Crippen molar-refractivity contribution in [1.29, 1.82) is 0 Å². The van der Waals surface area contributed by atoms with Crippen molar-refractivity contribution in [2.75, 3.05) is 26.3 Å². The maximum atomic E-state index is 11.5. The Hall–Kier alpha value is -1.14. The summed E-state index contributed by atoms with van der Waals surface area (Å²) in [4.78, 5) is 22.9. The smallest absolute Gasteiger partial charge is 0.305 e. The van der Waals surface area contributed by atoms with E-state index in [0.29, 0.717) is 39.1 Å². The fourth-order valence-electron chi connectivity index (χ4n) is 3.70. The Bertz CT molecular complexity index is 381. The highest BCUT2D eigenvalue weighted by molar-refractivity contribution is 5.69. The van der Waals surface area contributed by atoms with Gasteiger partial charge in [0.25, 0.3) is 0 Å². The molecule has 6 heteroatoms.